The van der Waals surface area contributed by atoms with Gasteiger partial charge in [0.15, 0.2) is 18.9 Å². The fourth-order valence-electron chi connectivity index (χ4n) is 3.82. The quantitative estimate of drug-likeness (QED) is 0.167. The molecule has 35 heavy (non-hydrogen) atoms. The third-order valence-corrected chi connectivity index (χ3v) is 5.66. The summed E-state index contributed by atoms with van der Waals surface area (Å²) in [6.07, 6.45) is -9.96. The number of rotatable bonds is 4. The van der Waals surface area contributed by atoms with Crippen molar-refractivity contribution < 1.29 is 49.6 Å². The summed E-state index contributed by atoms with van der Waals surface area (Å²) in [6, 6.07) is 6.91. The van der Waals surface area contributed by atoms with E-state index in [4.69, 9.17) is 35.1 Å². The minimum Gasteiger partial charge on any atom is -0.394 e. The second kappa shape index (κ2) is 12.4. The molecule has 0 spiro atoms. The molecular weight excluding hydrogens is 472 g/mol. The summed E-state index contributed by atoms with van der Waals surface area (Å²) in [4.78, 5) is 5.01. The number of azide groups is 2. The lowest BCUT2D eigenvalue weighted by atomic mass is 9.96. The molecule has 7 unspecified atom stereocenters. The van der Waals surface area contributed by atoms with Gasteiger partial charge in [0, 0.05) is 15.4 Å². The third kappa shape index (κ3) is 6.17. The highest BCUT2D eigenvalue weighted by atomic mass is 16.7. The van der Waals surface area contributed by atoms with Crippen LogP contribution in [0.2, 0.25) is 0 Å². The molecule has 3 aliphatic rings. The molecule has 0 amide bonds. The lowest BCUT2D eigenvalue weighted by Gasteiger charge is -2.45. The summed E-state index contributed by atoms with van der Waals surface area (Å²) in [5.74, 6) is 0. The van der Waals surface area contributed by atoms with Gasteiger partial charge in [0.25, 0.3) is 0 Å². The number of benzene rings is 1. The van der Waals surface area contributed by atoms with Gasteiger partial charge in [-0.2, -0.15) is 0 Å². The molecule has 3 heterocycles. The third-order valence-electron chi connectivity index (χ3n) is 5.66. The maximum absolute atomic E-state index is 10.2. The summed E-state index contributed by atoms with van der Waals surface area (Å²) >= 11 is 0. The first-order chi connectivity index (χ1) is 16.8. The zero-order valence-corrected chi connectivity index (χ0v) is 18.2. The summed E-state index contributed by atoms with van der Waals surface area (Å²) in [7, 11) is 0. The van der Waals surface area contributed by atoms with Crippen LogP contribution in [0.4, 0.5) is 0 Å². The maximum Gasteiger partial charge on any atom is 0.184 e. The van der Waals surface area contributed by atoms with Crippen LogP contribution >= 0.6 is 0 Å². The Hall–Kier alpha value is -2.56. The lowest BCUT2D eigenvalue weighted by molar-refractivity contribution is -0.335. The van der Waals surface area contributed by atoms with Crippen LogP contribution in [0, 0.1) is 0 Å². The molecule has 1 aromatic rings. The standard InChI is InChI=1S/C13H15N3O5.C6H11N3O5/c14-16-15-9-10(17)11-8(20-12(9)18)6-19-13(21-11)7-4-2-1-3-5-7;7-9-8-3-5(12)4(11)2(1-10)14-6(3)13/h1-5,8-13,17-18H,6H2;2-6,10-13H,1H2/t8?,9?,10-,11-,12?,13?;2?,3?,4-,5-,6?/m11/s1. The Kier molecular flexibility index (Phi) is 9.59. The van der Waals surface area contributed by atoms with E-state index < -0.39 is 74.2 Å². The molecule has 192 valence electrons. The highest BCUT2D eigenvalue weighted by molar-refractivity contribution is 5.16. The SMILES string of the molecule is [N-]=[N+]=NC1C(O)OC(CO)[C@@H](O)[C@@H]1O.[N-]=[N+]=NC1C(O)OC2COC(c3ccccc3)O[C@H]2[C@@H]1O. The molecule has 0 bridgehead atoms. The smallest absolute Gasteiger partial charge is 0.184 e. The number of nitrogens with zero attached hydrogens (tertiary/aromatic N) is 6. The average molecular weight is 498 g/mol. The molecular formula is C19H26N6O10. The monoisotopic (exact) mass is 498 g/mol. The topological polar surface area (TPSA) is 256 Å². The lowest BCUT2D eigenvalue weighted by Crippen LogP contribution is -2.61. The van der Waals surface area contributed by atoms with Crippen LogP contribution < -0.4 is 0 Å². The van der Waals surface area contributed by atoms with Gasteiger partial charge >= 0.3 is 0 Å². The fourth-order valence-corrected chi connectivity index (χ4v) is 3.82. The van der Waals surface area contributed by atoms with Crippen molar-refractivity contribution in [1.29, 1.82) is 0 Å². The van der Waals surface area contributed by atoms with Crippen molar-refractivity contribution in [2.75, 3.05) is 13.2 Å². The molecule has 3 saturated heterocycles. The molecule has 0 aromatic heterocycles. The van der Waals surface area contributed by atoms with E-state index in [9.17, 15) is 25.5 Å². The summed E-state index contributed by atoms with van der Waals surface area (Å²) in [5.41, 5.74) is 17.4. The number of ether oxygens (including phenoxy) is 4. The van der Waals surface area contributed by atoms with Crippen molar-refractivity contribution in [2.24, 2.45) is 10.2 Å². The van der Waals surface area contributed by atoms with Crippen LogP contribution in [0.3, 0.4) is 0 Å². The molecule has 3 aliphatic heterocycles. The Bertz CT molecular complexity index is 917. The predicted molar refractivity (Wildman–Crippen MR) is 113 cm³/mol. The summed E-state index contributed by atoms with van der Waals surface area (Å²) in [6.45, 7) is -0.375. The average Bonchev–Trinajstić information content (AvgIpc) is 2.87. The van der Waals surface area contributed by atoms with E-state index in [1.165, 1.54) is 0 Å². The zero-order chi connectivity index (χ0) is 25.5. The van der Waals surface area contributed by atoms with E-state index >= 15 is 0 Å². The van der Waals surface area contributed by atoms with Gasteiger partial charge in [0.1, 0.15) is 36.5 Å². The van der Waals surface area contributed by atoms with E-state index in [2.05, 4.69) is 20.1 Å². The van der Waals surface area contributed by atoms with Gasteiger partial charge in [0.2, 0.25) is 0 Å². The van der Waals surface area contributed by atoms with Crippen molar-refractivity contribution >= 4 is 0 Å². The van der Waals surface area contributed by atoms with Gasteiger partial charge in [0.05, 0.1) is 25.4 Å². The van der Waals surface area contributed by atoms with Gasteiger partial charge in [-0.15, -0.1) is 0 Å². The summed E-state index contributed by atoms with van der Waals surface area (Å²) in [5, 5.41) is 63.0. The van der Waals surface area contributed by atoms with Crippen molar-refractivity contribution in [3.05, 3.63) is 56.8 Å². The molecule has 11 atom stereocenters. The van der Waals surface area contributed by atoms with E-state index in [0.29, 0.717) is 0 Å². The zero-order valence-electron chi connectivity index (χ0n) is 18.2. The van der Waals surface area contributed by atoms with Gasteiger partial charge < -0.3 is 49.6 Å². The van der Waals surface area contributed by atoms with Crippen molar-refractivity contribution in [2.45, 2.75) is 67.6 Å². The highest BCUT2D eigenvalue weighted by Gasteiger charge is 2.48. The molecule has 4 rings (SSSR count). The fraction of sp³-hybridized carbons (Fsp3) is 0.684. The van der Waals surface area contributed by atoms with Gasteiger partial charge in [-0.25, -0.2) is 0 Å². The number of fused-ring (bicyclic) bond motifs is 1. The molecule has 6 N–H and O–H groups in total. The number of aliphatic hydroxyl groups excluding tert-OH is 6. The van der Waals surface area contributed by atoms with E-state index in [1.54, 1.807) is 0 Å². The molecule has 16 nitrogen and oxygen atoms in total. The van der Waals surface area contributed by atoms with Crippen LogP contribution in [-0.4, -0.2) is 105 Å². The Morgan fingerprint density at radius 3 is 2.03 bits per heavy atom. The number of hydrogen-bond acceptors (Lipinski definition) is 12. The molecule has 0 saturated carbocycles. The van der Waals surface area contributed by atoms with E-state index in [1.807, 2.05) is 30.3 Å². The van der Waals surface area contributed by atoms with Gasteiger partial charge in [-0.05, 0) is 11.1 Å². The van der Waals surface area contributed by atoms with Crippen LogP contribution in [0.15, 0.2) is 40.6 Å². The van der Waals surface area contributed by atoms with Crippen molar-refractivity contribution in [1.82, 2.24) is 0 Å². The van der Waals surface area contributed by atoms with Crippen LogP contribution in [0.1, 0.15) is 11.9 Å². The Morgan fingerprint density at radius 2 is 1.43 bits per heavy atom. The molecule has 0 radical (unpaired) electrons. The van der Waals surface area contributed by atoms with Crippen LogP contribution in [0.5, 0.6) is 0 Å². The molecule has 1 aromatic carbocycles. The Morgan fingerprint density at radius 1 is 0.829 bits per heavy atom. The molecule has 0 aliphatic carbocycles. The van der Waals surface area contributed by atoms with Crippen molar-refractivity contribution in [3.63, 3.8) is 0 Å². The maximum atomic E-state index is 10.2. The summed E-state index contributed by atoms with van der Waals surface area (Å²) < 4.78 is 21.3. The Balaban J connectivity index is 0.000000214. The second-order valence-corrected chi connectivity index (χ2v) is 7.85. The molecule has 3 fully saturated rings. The van der Waals surface area contributed by atoms with Gasteiger partial charge in [-0.1, -0.05) is 40.6 Å². The normalized spacial score (nSPS) is 40.7. The van der Waals surface area contributed by atoms with Gasteiger partial charge in [-0.3, -0.25) is 0 Å². The second-order valence-electron chi connectivity index (χ2n) is 7.85. The minimum absolute atomic E-state index is 0.168. The largest absolute Gasteiger partial charge is 0.394 e. The highest BCUT2D eigenvalue weighted by Crippen LogP contribution is 2.34. The minimum atomic E-state index is -1.53. The number of hydrogen-bond donors (Lipinski definition) is 6. The molecule has 16 heteroatoms. The Labute approximate surface area is 198 Å². The van der Waals surface area contributed by atoms with Crippen molar-refractivity contribution in [3.8, 4) is 0 Å². The first kappa shape index (κ1) is 27.0. The number of aliphatic hydroxyl groups is 6. The van der Waals surface area contributed by atoms with Crippen LogP contribution in [-0.2, 0) is 18.9 Å². The van der Waals surface area contributed by atoms with Crippen LogP contribution in [0.25, 0.3) is 20.9 Å². The predicted octanol–water partition coefficient (Wildman–Crippen LogP) is -1.05. The first-order valence-corrected chi connectivity index (χ1v) is 10.5. The van der Waals surface area contributed by atoms with E-state index in [0.717, 1.165) is 5.56 Å². The first-order valence-electron chi connectivity index (χ1n) is 10.5. The van der Waals surface area contributed by atoms with E-state index in [-0.39, 0.29) is 6.61 Å².